The summed E-state index contributed by atoms with van der Waals surface area (Å²) in [5, 5.41) is 11.5. The average Bonchev–Trinajstić information content (AvgIpc) is 2.32. The molecule has 4 N–H and O–H groups in total. The second-order valence-electron chi connectivity index (χ2n) is 3.72. The number of nitrogens with one attached hydrogen (secondary N) is 1. The van der Waals surface area contributed by atoms with Crippen LogP contribution < -0.4 is 11.1 Å². The summed E-state index contributed by atoms with van der Waals surface area (Å²) < 4.78 is 4.80. The van der Waals surface area contributed by atoms with Crippen molar-refractivity contribution in [1.29, 1.82) is 0 Å². The lowest BCUT2D eigenvalue weighted by atomic mass is 10.1. The molecule has 5 nitrogen and oxygen atoms in total. The van der Waals surface area contributed by atoms with E-state index in [0.29, 0.717) is 12.1 Å². The van der Waals surface area contributed by atoms with Crippen molar-refractivity contribution in [3.8, 4) is 0 Å². The van der Waals surface area contributed by atoms with Gasteiger partial charge in [0.2, 0.25) is 5.91 Å². The lowest BCUT2D eigenvalue weighted by Gasteiger charge is -2.11. The van der Waals surface area contributed by atoms with Crippen molar-refractivity contribution in [1.82, 2.24) is 0 Å². The lowest BCUT2D eigenvalue weighted by molar-refractivity contribution is -0.118. The standard InChI is InChI=1S/C12H18N2O3.ClH/c1-17-8-11(13)12(16)14-10-4-2-9(3-5-10)6-7-15;/h2-5,11,15H,6-8,13H2,1H3,(H,14,16);1H. The van der Waals surface area contributed by atoms with Gasteiger partial charge in [0.15, 0.2) is 0 Å². The van der Waals surface area contributed by atoms with E-state index >= 15 is 0 Å². The fourth-order valence-electron chi connectivity index (χ4n) is 1.37. The van der Waals surface area contributed by atoms with Crippen LogP contribution in [0.4, 0.5) is 5.69 Å². The molecule has 0 aliphatic rings. The number of rotatable bonds is 6. The molecule has 0 radical (unpaired) electrons. The number of aliphatic hydroxyl groups is 1. The minimum atomic E-state index is -0.669. The summed E-state index contributed by atoms with van der Waals surface area (Å²) in [7, 11) is 1.50. The van der Waals surface area contributed by atoms with Crippen LogP contribution >= 0.6 is 12.4 Å². The summed E-state index contributed by atoms with van der Waals surface area (Å²) >= 11 is 0. The Hall–Kier alpha value is -1.14. The highest BCUT2D eigenvalue weighted by Gasteiger charge is 2.12. The van der Waals surface area contributed by atoms with E-state index in [0.717, 1.165) is 5.56 Å². The van der Waals surface area contributed by atoms with E-state index in [2.05, 4.69) is 5.32 Å². The lowest BCUT2D eigenvalue weighted by Crippen LogP contribution is -2.39. The Bertz CT molecular complexity index is 357. The van der Waals surface area contributed by atoms with E-state index in [1.165, 1.54) is 7.11 Å². The third-order valence-corrected chi connectivity index (χ3v) is 2.30. The molecule has 0 aliphatic carbocycles. The number of anilines is 1. The van der Waals surface area contributed by atoms with Gasteiger partial charge in [-0.15, -0.1) is 12.4 Å². The number of nitrogens with two attached hydrogens (primary N) is 1. The molecule has 1 atom stereocenters. The maximum Gasteiger partial charge on any atom is 0.243 e. The van der Waals surface area contributed by atoms with E-state index < -0.39 is 6.04 Å². The molecule has 0 heterocycles. The molecule has 102 valence electrons. The predicted octanol–water partition coefficient (Wildman–Crippen LogP) is 0.555. The molecule has 1 unspecified atom stereocenters. The Balaban J connectivity index is 0.00000289. The summed E-state index contributed by atoms with van der Waals surface area (Å²) in [5.41, 5.74) is 7.29. The van der Waals surface area contributed by atoms with Crippen LogP contribution in [0, 0.1) is 0 Å². The van der Waals surface area contributed by atoms with Gasteiger partial charge in [0.25, 0.3) is 0 Å². The number of benzene rings is 1. The number of amides is 1. The molecule has 0 aromatic heterocycles. The quantitative estimate of drug-likeness (QED) is 0.707. The fraction of sp³-hybridized carbons (Fsp3) is 0.417. The number of hydrogen-bond donors (Lipinski definition) is 3. The first-order valence-electron chi connectivity index (χ1n) is 5.42. The van der Waals surface area contributed by atoms with Crippen LogP contribution in [-0.2, 0) is 16.0 Å². The Labute approximate surface area is 113 Å². The van der Waals surface area contributed by atoms with Gasteiger partial charge in [-0.1, -0.05) is 12.1 Å². The van der Waals surface area contributed by atoms with E-state index in [1.807, 2.05) is 12.1 Å². The summed E-state index contributed by atoms with van der Waals surface area (Å²) in [6, 6.07) is 6.60. The first-order valence-corrected chi connectivity index (χ1v) is 5.42. The predicted molar refractivity (Wildman–Crippen MR) is 73.0 cm³/mol. The molecule has 0 saturated carbocycles. The molecule has 6 heteroatoms. The van der Waals surface area contributed by atoms with Crippen LogP contribution in [0.25, 0.3) is 0 Å². The number of carbonyl (C=O) groups is 1. The van der Waals surface area contributed by atoms with Crippen LogP contribution in [-0.4, -0.2) is 37.4 Å². The summed E-state index contributed by atoms with van der Waals surface area (Å²) in [6.07, 6.45) is 0.609. The Morgan fingerprint density at radius 3 is 2.56 bits per heavy atom. The zero-order chi connectivity index (χ0) is 12.7. The van der Waals surface area contributed by atoms with Gasteiger partial charge in [-0.3, -0.25) is 4.79 Å². The highest BCUT2D eigenvalue weighted by atomic mass is 35.5. The van der Waals surface area contributed by atoms with Gasteiger partial charge < -0.3 is 20.9 Å². The van der Waals surface area contributed by atoms with E-state index in [1.54, 1.807) is 12.1 Å². The summed E-state index contributed by atoms with van der Waals surface area (Å²) in [5.74, 6) is -0.276. The molecular weight excluding hydrogens is 256 g/mol. The fourth-order valence-corrected chi connectivity index (χ4v) is 1.37. The zero-order valence-corrected chi connectivity index (χ0v) is 11.1. The minimum Gasteiger partial charge on any atom is -0.396 e. The molecule has 0 fully saturated rings. The van der Waals surface area contributed by atoms with Crippen molar-refractivity contribution in [3.05, 3.63) is 29.8 Å². The van der Waals surface area contributed by atoms with Crippen molar-refractivity contribution >= 4 is 24.0 Å². The molecule has 0 aliphatic heterocycles. The van der Waals surface area contributed by atoms with Gasteiger partial charge >= 0.3 is 0 Å². The van der Waals surface area contributed by atoms with Crippen LogP contribution in [0.1, 0.15) is 5.56 Å². The third kappa shape index (κ3) is 5.46. The smallest absolute Gasteiger partial charge is 0.243 e. The Morgan fingerprint density at radius 1 is 1.44 bits per heavy atom. The average molecular weight is 275 g/mol. The van der Waals surface area contributed by atoms with E-state index in [4.69, 9.17) is 15.6 Å². The number of hydrogen-bond acceptors (Lipinski definition) is 4. The van der Waals surface area contributed by atoms with Crippen LogP contribution in [0.5, 0.6) is 0 Å². The highest BCUT2D eigenvalue weighted by molar-refractivity contribution is 5.94. The van der Waals surface area contributed by atoms with Crippen molar-refractivity contribution in [2.24, 2.45) is 5.73 Å². The highest BCUT2D eigenvalue weighted by Crippen LogP contribution is 2.10. The topological polar surface area (TPSA) is 84.6 Å². The third-order valence-electron chi connectivity index (χ3n) is 2.30. The summed E-state index contributed by atoms with van der Waals surface area (Å²) in [4.78, 5) is 11.6. The number of aliphatic hydroxyl groups excluding tert-OH is 1. The Morgan fingerprint density at radius 2 is 2.06 bits per heavy atom. The van der Waals surface area contributed by atoms with Crippen molar-refractivity contribution in [2.75, 3.05) is 25.6 Å². The van der Waals surface area contributed by atoms with Gasteiger partial charge in [0.05, 0.1) is 6.61 Å². The van der Waals surface area contributed by atoms with Gasteiger partial charge in [0.1, 0.15) is 6.04 Å². The van der Waals surface area contributed by atoms with Crippen molar-refractivity contribution in [2.45, 2.75) is 12.5 Å². The maximum absolute atomic E-state index is 11.6. The SMILES string of the molecule is COCC(N)C(=O)Nc1ccc(CCO)cc1.Cl. The molecule has 1 aromatic carbocycles. The number of halogens is 1. The van der Waals surface area contributed by atoms with Crippen molar-refractivity contribution < 1.29 is 14.6 Å². The molecule has 0 bridgehead atoms. The largest absolute Gasteiger partial charge is 0.396 e. The normalized spacial score (nSPS) is 11.5. The molecule has 0 spiro atoms. The summed E-state index contributed by atoms with van der Waals surface area (Å²) in [6.45, 7) is 0.304. The number of ether oxygens (including phenoxy) is 1. The first-order chi connectivity index (χ1) is 8.17. The molecule has 0 saturated heterocycles. The molecule has 1 amide bonds. The van der Waals surface area contributed by atoms with Gasteiger partial charge in [-0.2, -0.15) is 0 Å². The molecule has 1 rings (SSSR count). The van der Waals surface area contributed by atoms with Crippen LogP contribution in [0.3, 0.4) is 0 Å². The first kappa shape index (κ1) is 16.9. The molecular formula is C12H19ClN2O3. The zero-order valence-electron chi connectivity index (χ0n) is 10.3. The van der Waals surface area contributed by atoms with E-state index in [-0.39, 0.29) is 31.5 Å². The second kappa shape index (κ2) is 8.88. The van der Waals surface area contributed by atoms with Crippen LogP contribution in [0.15, 0.2) is 24.3 Å². The monoisotopic (exact) mass is 274 g/mol. The van der Waals surface area contributed by atoms with Crippen molar-refractivity contribution in [3.63, 3.8) is 0 Å². The second-order valence-corrected chi connectivity index (χ2v) is 3.72. The van der Waals surface area contributed by atoms with Crippen LogP contribution in [0.2, 0.25) is 0 Å². The van der Waals surface area contributed by atoms with Gasteiger partial charge in [-0.25, -0.2) is 0 Å². The molecule has 18 heavy (non-hydrogen) atoms. The van der Waals surface area contributed by atoms with Gasteiger partial charge in [0, 0.05) is 19.4 Å². The minimum absolute atomic E-state index is 0. The number of methoxy groups -OCH3 is 1. The van der Waals surface area contributed by atoms with Gasteiger partial charge in [-0.05, 0) is 24.1 Å². The van der Waals surface area contributed by atoms with E-state index in [9.17, 15) is 4.79 Å². The number of carbonyl (C=O) groups excluding carboxylic acids is 1. The molecule has 1 aromatic rings. The maximum atomic E-state index is 11.6. The Kier molecular flexibility index (Phi) is 8.32.